The third-order valence-electron chi connectivity index (χ3n) is 5.06. The molecule has 1 aromatic heterocycles. The van der Waals surface area contributed by atoms with E-state index in [1.165, 1.54) is 24.3 Å². The molecule has 1 fully saturated rings. The molecule has 2 N–H and O–H groups in total. The van der Waals surface area contributed by atoms with E-state index in [2.05, 4.69) is 19.4 Å². The SMILES string of the molecule is O=C(NCC1CCN(C(=O)Nc2ccc(F)cc2)CC1)c1ccc2nsnc2c1. The first-order chi connectivity index (χ1) is 14.1. The van der Waals surface area contributed by atoms with Gasteiger partial charge in [0.2, 0.25) is 0 Å². The number of urea groups is 1. The number of hydrogen-bond donors (Lipinski definition) is 2. The van der Waals surface area contributed by atoms with Crippen molar-refractivity contribution in [2.24, 2.45) is 5.92 Å². The summed E-state index contributed by atoms with van der Waals surface area (Å²) < 4.78 is 21.2. The Labute approximate surface area is 171 Å². The molecule has 29 heavy (non-hydrogen) atoms. The smallest absolute Gasteiger partial charge is 0.321 e. The van der Waals surface area contributed by atoms with Crippen LogP contribution in [0.3, 0.4) is 0 Å². The van der Waals surface area contributed by atoms with Crippen molar-refractivity contribution in [1.82, 2.24) is 19.0 Å². The van der Waals surface area contributed by atoms with Crippen molar-refractivity contribution in [3.05, 3.63) is 53.8 Å². The first-order valence-corrected chi connectivity index (χ1v) is 10.1. The van der Waals surface area contributed by atoms with Crippen LogP contribution < -0.4 is 10.6 Å². The summed E-state index contributed by atoms with van der Waals surface area (Å²) in [5.74, 6) is -0.149. The number of nitrogens with one attached hydrogen (secondary N) is 2. The zero-order valence-electron chi connectivity index (χ0n) is 15.6. The fourth-order valence-corrected chi connectivity index (χ4v) is 3.86. The van der Waals surface area contributed by atoms with Crippen LogP contribution in [0.4, 0.5) is 14.9 Å². The molecule has 4 rings (SSSR count). The Hall–Kier alpha value is -3.07. The van der Waals surface area contributed by atoms with Gasteiger partial charge in [0, 0.05) is 30.9 Å². The second-order valence-corrected chi connectivity index (χ2v) is 7.57. The molecule has 0 saturated carbocycles. The molecule has 2 aromatic carbocycles. The normalized spacial score (nSPS) is 14.7. The number of hydrogen-bond acceptors (Lipinski definition) is 5. The first kappa shape index (κ1) is 19.3. The predicted octanol–water partition coefficient (Wildman–Crippen LogP) is 3.50. The number of rotatable bonds is 4. The third kappa shape index (κ3) is 4.68. The van der Waals surface area contributed by atoms with Gasteiger partial charge < -0.3 is 15.5 Å². The number of benzene rings is 2. The van der Waals surface area contributed by atoms with Gasteiger partial charge in [0.05, 0.1) is 11.7 Å². The summed E-state index contributed by atoms with van der Waals surface area (Å²) in [5, 5.41) is 5.75. The predicted molar refractivity (Wildman–Crippen MR) is 109 cm³/mol. The molecule has 0 spiro atoms. The number of carbonyl (C=O) groups is 2. The summed E-state index contributed by atoms with van der Waals surface area (Å²) in [6.45, 7) is 1.80. The minimum Gasteiger partial charge on any atom is -0.352 e. The van der Waals surface area contributed by atoms with E-state index in [-0.39, 0.29) is 17.8 Å². The van der Waals surface area contributed by atoms with E-state index in [1.807, 2.05) is 0 Å². The maximum Gasteiger partial charge on any atom is 0.321 e. The molecule has 1 aliphatic rings. The molecule has 150 valence electrons. The number of nitrogens with zero attached hydrogens (tertiary/aromatic N) is 3. The standard InChI is InChI=1S/C20H20FN5O2S/c21-15-2-4-16(5-3-15)23-20(28)26-9-7-13(8-10-26)12-22-19(27)14-1-6-17-18(11-14)25-29-24-17/h1-6,11,13H,7-10,12H2,(H,22,27)(H,23,28). The van der Waals surface area contributed by atoms with E-state index in [9.17, 15) is 14.0 Å². The van der Waals surface area contributed by atoms with E-state index in [4.69, 9.17) is 0 Å². The van der Waals surface area contributed by atoms with Crippen molar-refractivity contribution in [2.75, 3.05) is 25.0 Å². The van der Waals surface area contributed by atoms with Gasteiger partial charge in [-0.2, -0.15) is 8.75 Å². The summed E-state index contributed by atoms with van der Waals surface area (Å²) in [4.78, 5) is 26.5. The highest BCUT2D eigenvalue weighted by Gasteiger charge is 2.23. The Balaban J connectivity index is 1.23. The second-order valence-electron chi connectivity index (χ2n) is 7.05. The fraction of sp³-hybridized carbons (Fsp3) is 0.300. The lowest BCUT2D eigenvalue weighted by Gasteiger charge is -2.32. The van der Waals surface area contributed by atoms with E-state index >= 15 is 0 Å². The highest BCUT2D eigenvalue weighted by atomic mass is 32.1. The molecular weight excluding hydrogens is 393 g/mol. The molecule has 0 bridgehead atoms. The number of carbonyl (C=O) groups excluding carboxylic acids is 2. The van der Waals surface area contributed by atoms with Gasteiger partial charge in [-0.3, -0.25) is 4.79 Å². The van der Waals surface area contributed by atoms with Crippen molar-refractivity contribution in [3.8, 4) is 0 Å². The van der Waals surface area contributed by atoms with Gasteiger partial charge >= 0.3 is 6.03 Å². The maximum atomic E-state index is 13.0. The summed E-state index contributed by atoms with van der Waals surface area (Å²) in [7, 11) is 0. The summed E-state index contributed by atoms with van der Waals surface area (Å²) >= 11 is 1.13. The number of fused-ring (bicyclic) bond motifs is 1. The van der Waals surface area contributed by atoms with Crippen LogP contribution in [0.25, 0.3) is 11.0 Å². The molecule has 1 aliphatic heterocycles. The van der Waals surface area contributed by atoms with Gasteiger partial charge in [-0.05, 0) is 61.2 Å². The average Bonchev–Trinajstić information content (AvgIpc) is 3.22. The maximum absolute atomic E-state index is 13.0. The molecule has 1 saturated heterocycles. The van der Waals surface area contributed by atoms with Crippen LogP contribution in [0.1, 0.15) is 23.2 Å². The van der Waals surface area contributed by atoms with Crippen LogP contribution in [0.5, 0.6) is 0 Å². The van der Waals surface area contributed by atoms with Crippen LogP contribution >= 0.6 is 11.7 Å². The number of aromatic nitrogens is 2. The van der Waals surface area contributed by atoms with Gasteiger partial charge in [-0.15, -0.1) is 0 Å². The van der Waals surface area contributed by atoms with E-state index in [1.54, 1.807) is 23.1 Å². The topological polar surface area (TPSA) is 87.2 Å². The Morgan fingerprint density at radius 1 is 1.07 bits per heavy atom. The molecule has 0 atom stereocenters. The quantitative estimate of drug-likeness (QED) is 0.685. The van der Waals surface area contributed by atoms with Gasteiger partial charge in [-0.25, -0.2) is 9.18 Å². The fourth-order valence-electron chi connectivity index (χ4n) is 3.34. The highest BCUT2D eigenvalue weighted by molar-refractivity contribution is 7.00. The van der Waals surface area contributed by atoms with Crippen LogP contribution in [0.15, 0.2) is 42.5 Å². The van der Waals surface area contributed by atoms with E-state index < -0.39 is 0 Å². The van der Waals surface area contributed by atoms with Gasteiger partial charge in [-0.1, -0.05) is 0 Å². The van der Waals surface area contributed by atoms with Crippen molar-refractivity contribution >= 4 is 40.4 Å². The number of piperidine rings is 1. The lowest BCUT2D eigenvalue weighted by atomic mass is 9.97. The molecule has 2 heterocycles. The van der Waals surface area contributed by atoms with Crippen molar-refractivity contribution in [1.29, 1.82) is 0 Å². The van der Waals surface area contributed by atoms with Crippen LogP contribution in [0, 0.1) is 11.7 Å². The van der Waals surface area contributed by atoms with Gasteiger partial charge in [0.1, 0.15) is 16.9 Å². The largest absolute Gasteiger partial charge is 0.352 e. The van der Waals surface area contributed by atoms with Crippen molar-refractivity contribution < 1.29 is 14.0 Å². The Morgan fingerprint density at radius 2 is 1.79 bits per heavy atom. The zero-order chi connectivity index (χ0) is 20.2. The van der Waals surface area contributed by atoms with Crippen molar-refractivity contribution in [3.63, 3.8) is 0 Å². The zero-order valence-corrected chi connectivity index (χ0v) is 16.4. The molecular formula is C20H20FN5O2S. The number of likely N-dealkylation sites (tertiary alicyclic amines) is 1. The van der Waals surface area contributed by atoms with Crippen LogP contribution in [0.2, 0.25) is 0 Å². The summed E-state index contributed by atoms with van der Waals surface area (Å²) in [5.41, 5.74) is 2.65. The molecule has 9 heteroatoms. The molecule has 0 aliphatic carbocycles. The van der Waals surface area contributed by atoms with Gasteiger partial charge in [0.15, 0.2) is 0 Å². The number of anilines is 1. The van der Waals surface area contributed by atoms with Crippen LogP contribution in [-0.4, -0.2) is 45.2 Å². The Kier molecular flexibility index (Phi) is 5.66. The average molecular weight is 413 g/mol. The molecule has 3 amide bonds. The van der Waals surface area contributed by atoms with E-state index in [0.717, 1.165) is 35.6 Å². The lowest BCUT2D eigenvalue weighted by Crippen LogP contribution is -2.43. The summed E-state index contributed by atoms with van der Waals surface area (Å²) in [6.07, 6.45) is 1.62. The molecule has 0 unspecified atom stereocenters. The highest BCUT2D eigenvalue weighted by Crippen LogP contribution is 2.19. The lowest BCUT2D eigenvalue weighted by molar-refractivity contribution is 0.0939. The van der Waals surface area contributed by atoms with Crippen LogP contribution in [-0.2, 0) is 0 Å². The minimum atomic E-state index is -0.339. The Morgan fingerprint density at radius 3 is 2.55 bits per heavy atom. The monoisotopic (exact) mass is 413 g/mol. The first-order valence-electron chi connectivity index (χ1n) is 9.40. The molecule has 3 aromatic rings. The minimum absolute atomic E-state index is 0.128. The number of halogens is 1. The van der Waals surface area contributed by atoms with Crippen molar-refractivity contribution in [2.45, 2.75) is 12.8 Å². The Bertz CT molecular complexity index is 1020. The number of amides is 3. The van der Waals surface area contributed by atoms with E-state index in [0.29, 0.717) is 36.8 Å². The second kappa shape index (κ2) is 8.52. The third-order valence-corrected chi connectivity index (χ3v) is 5.62. The van der Waals surface area contributed by atoms with Gasteiger partial charge in [0.25, 0.3) is 5.91 Å². The molecule has 7 nitrogen and oxygen atoms in total. The summed E-state index contributed by atoms with van der Waals surface area (Å²) in [6, 6.07) is 10.8. The molecule has 0 radical (unpaired) electrons.